The molecule has 0 N–H and O–H groups in total. The van der Waals surface area contributed by atoms with Crippen LogP contribution in [0.3, 0.4) is 0 Å². The summed E-state index contributed by atoms with van der Waals surface area (Å²) in [6, 6.07) is 3.35. The maximum atomic E-state index is 12.3. The molecular weight excluding hydrogens is 306 g/mol. The SMILES string of the molecule is O=C1C(=O)N(CN2CCOCC2)C(=O)N1CCc1cccs1. The average Bonchev–Trinajstić information content (AvgIpc) is 3.11. The molecule has 2 saturated heterocycles. The number of rotatable bonds is 5. The second-order valence-corrected chi connectivity index (χ2v) is 6.21. The highest BCUT2D eigenvalue weighted by Crippen LogP contribution is 2.16. The maximum absolute atomic E-state index is 12.3. The standard InChI is InChI=1S/C14H17N3O4S/c18-12-13(19)17(10-15-5-7-21-8-6-15)14(20)16(12)4-3-11-2-1-9-22-11/h1-2,9H,3-8,10H2. The third-order valence-corrected chi connectivity index (χ3v) is 4.68. The predicted octanol–water partition coefficient (Wildman–Crippen LogP) is 0.371. The Morgan fingerprint density at radius 1 is 1.09 bits per heavy atom. The van der Waals surface area contributed by atoms with Gasteiger partial charge in [0.1, 0.15) is 0 Å². The van der Waals surface area contributed by atoms with Crippen LogP contribution >= 0.6 is 11.3 Å². The summed E-state index contributed by atoms with van der Waals surface area (Å²) >= 11 is 1.57. The lowest BCUT2D eigenvalue weighted by Crippen LogP contribution is -2.46. The van der Waals surface area contributed by atoms with Crippen LogP contribution in [0.1, 0.15) is 4.88 Å². The molecule has 2 fully saturated rings. The van der Waals surface area contributed by atoms with E-state index >= 15 is 0 Å². The molecule has 2 aliphatic rings. The van der Waals surface area contributed by atoms with Crippen LogP contribution in [0.4, 0.5) is 4.79 Å². The molecule has 0 spiro atoms. The monoisotopic (exact) mass is 323 g/mol. The van der Waals surface area contributed by atoms with E-state index in [1.807, 2.05) is 22.4 Å². The zero-order chi connectivity index (χ0) is 15.5. The highest BCUT2D eigenvalue weighted by atomic mass is 32.1. The molecule has 0 aliphatic carbocycles. The molecule has 22 heavy (non-hydrogen) atoms. The Balaban J connectivity index is 1.62. The van der Waals surface area contributed by atoms with Gasteiger partial charge in [0.15, 0.2) is 0 Å². The zero-order valence-corrected chi connectivity index (χ0v) is 12.9. The van der Waals surface area contributed by atoms with Crippen molar-refractivity contribution in [1.82, 2.24) is 14.7 Å². The second kappa shape index (κ2) is 6.55. The maximum Gasteiger partial charge on any atom is 0.335 e. The fraction of sp³-hybridized carbons (Fsp3) is 0.500. The van der Waals surface area contributed by atoms with Crippen LogP contribution in [-0.2, 0) is 20.7 Å². The fourth-order valence-corrected chi connectivity index (χ4v) is 3.19. The van der Waals surface area contributed by atoms with Crippen LogP contribution in [0, 0.1) is 0 Å². The summed E-state index contributed by atoms with van der Waals surface area (Å²) in [7, 11) is 0. The summed E-state index contributed by atoms with van der Waals surface area (Å²) in [6.45, 7) is 2.85. The lowest BCUT2D eigenvalue weighted by atomic mass is 10.3. The van der Waals surface area contributed by atoms with Crippen molar-refractivity contribution in [2.75, 3.05) is 39.5 Å². The van der Waals surface area contributed by atoms with Crippen molar-refractivity contribution in [2.24, 2.45) is 0 Å². The topological polar surface area (TPSA) is 70.2 Å². The summed E-state index contributed by atoms with van der Waals surface area (Å²) in [4.78, 5) is 41.4. The van der Waals surface area contributed by atoms with Gasteiger partial charge in [0, 0.05) is 30.9 Å². The van der Waals surface area contributed by atoms with E-state index in [0.717, 1.165) is 14.7 Å². The van der Waals surface area contributed by atoms with Crippen LogP contribution in [0.25, 0.3) is 0 Å². The van der Waals surface area contributed by atoms with Gasteiger partial charge in [-0.05, 0) is 11.4 Å². The zero-order valence-electron chi connectivity index (χ0n) is 12.1. The van der Waals surface area contributed by atoms with Crippen LogP contribution in [0.5, 0.6) is 0 Å². The fourth-order valence-electron chi connectivity index (χ4n) is 2.49. The van der Waals surface area contributed by atoms with Crippen LogP contribution in [-0.4, -0.2) is 72.1 Å². The first-order valence-electron chi connectivity index (χ1n) is 7.16. The highest BCUT2D eigenvalue weighted by molar-refractivity contribution is 7.09. The average molecular weight is 323 g/mol. The van der Waals surface area contributed by atoms with E-state index < -0.39 is 17.8 Å². The van der Waals surface area contributed by atoms with Crippen molar-refractivity contribution in [2.45, 2.75) is 6.42 Å². The van der Waals surface area contributed by atoms with E-state index in [9.17, 15) is 14.4 Å². The minimum atomic E-state index is -0.734. The molecule has 1 aromatic heterocycles. The molecule has 0 aromatic carbocycles. The number of urea groups is 1. The third-order valence-electron chi connectivity index (χ3n) is 3.74. The normalized spacial score (nSPS) is 20.3. The van der Waals surface area contributed by atoms with Crippen LogP contribution in [0.2, 0.25) is 0 Å². The molecule has 0 saturated carbocycles. The van der Waals surface area contributed by atoms with Crippen molar-refractivity contribution in [3.8, 4) is 0 Å². The number of thiophene rings is 1. The number of carbonyl (C=O) groups is 3. The van der Waals surface area contributed by atoms with Crippen molar-refractivity contribution in [1.29, 1.82) is 0 Å². The Kier molecular flexibility index (Phi) is 4.51. The predicted molar refractivity (Wildman–Crippen MR) is 79.2 cm³/mol. The van der Waals surface area contributed by atoms with Gasteiger partial charge >= 0.3 is 17.8 Å². The van der Waals surface area contributed by atoms with Gasteiger partial charge in [-0.1, -0.05) is 6.07 Å². The van der Waals surface area contributed by atoms with Gasteiger partial charge in [0.05, 0.1) is 19.9 Å². The number of nitrogens with zero attached hydrogens (tertiary/aromatic N) is 3. The Labute approximate surface area is 132 Å². The highest BCUT2D eigenvalue weighted by Gasteiger charge is 2.44. The molecule has 8 heteroatoms. The third kappa shape index (κ3) is 3.03. The summed E-state index contributed by atoms with van der Waals surface area (Å²) in [5, 5.41) is 1.94. The molecule has 3 heterocycles. The molecule has 118 valence electrons. The molecule has 0 unspecified atom stereocenters. The summed E-state index contributed by atoms with van der Waals surface area (Å²) in [5.41, 5.74) is 0. The van der Waals surface area contributed by atoms with Crippen LogP contribution in [0.15, 0.2) is 17.5 Å². The van der Waals surface area contributed by atoms with Crippen LogP contribution < -0.4 is 0 Å². The van der Waals surface area contributed by atoms with Gasteiger partial charge in [-0.25, -0.2) is 9.69 Å². The summed E-state index contributed by atoms with van der Waals surface area (Å²) in [5.74, 6) is -1.46. The van der Waals surface area contributed by atoms with E-state index in [-0.39, 0.29) is 13.2 Å². The largest absolute Gasteiger partial charge is 0.379 e. The molecule has 7 nitrogen and oxygen atoms in total. The Morgan fingerprint density at radius 3 is 2.50 bits per heavy atom. The summed E-state index contributed by atoms with van der Waals surface area (Å²) < 4.78 is 5.23. The lowest BCUT2D eigenvalue weighted by molar-refractivity contribution is -0.144. The number of hydrogen-bond donors (Lipinski definition) is 0. The molecule has 0 radical (unpaired) electrons. The molecule has 1 aromatic rings. The Hall–Kier alpha value is -1.77. The number of carbonyl (C=O) groups excluding carboxylic acids is 3. The van der Waals surface area contributed by atoms with E-state index in [0.29, 0.717) is 32.7 Å². The lowest BCUT2D eigenvalue weighted by Gasteiger charge is -2.29. The first kappa shape index (κ1) is 15.1. The molecule has 0 atom stereocenters. The van der Waals surface area contributed by atoms with Gasteiger partial charge < -0.3 is 4.74 Å². The van der Waals surface area contributed by atoms with Gasteiger partial charge in [-0.15, -0.1) is 11.3 Å². The van der Waals surface area contributed by atoms with E-state index in [1.54, 1.807) is 11.3 Å². The first-order valence-corrected chi connectivity index (χ1v) is 8.04. The quantitative estimate of drug-likeness (QED) is 0.578. The van der Waals surface area contributed by atoms with E-state index in [1.165, 1.54) is 0 Å². The van der Waals surface area contributed by atoms with Gasteiger partial charge in [0.25, 0.3) is 0 Å². The minimum Gasteiger partial charge on any atom is -0.379 e. The van der Waals surface area contributed by atoms with Crippen molar-refractivity contribution in [3.63, 3.8) is 0 Å². The minimum absolute atomic E-state index is 0.155. The second-order valence-electron chi connectivity index (χ2n) is 5.17. The van der Waals surface area contributed by atoms with Gasteiger partial charge in [-0.2, -0.15) is 0 Å². The number of amides is 4. The molecule has 2 aliphatic heterocycles. The molecule has 4 amide bonds. The Morgan fingerprint density at radius 2 is 1.82 bits per heavy atom. The number of hydrogen-bond acceptors (Lipinski definition) is 6. The number of morpholine rings is 1. The molecule has 3 rings (SSSR count). The first-order chi connectivity index (χ1) is 10.7. The number of ether oxygens (including phenoxy) is 1. The molecular formula is C14H17N3O4S. The summed E-state index contributed by atoms with van der Waals surface area (Å²) in [6.07, 6.45) is 0.577. The van der Waals surface area contributed by atoms with Crippen molar-refractivity contribution >= 4 is 29.2 Å². The van der Waals surface area contributed by atoms with E-state index in [2.05, 4.69) is 0 Å². The van der Waals surface area contributed by atoms with Crippen molar-refractivity contribution in [3.05, 3.63) is 22.4 Å². The smallest absolute Gasteiger partial charge is 0.335 e. The van der Waals surface area contributed by atoms with Crippen molar-refractivity contribution < 1.29 is 19.1 Å². The number of imide groups is 2. The van der Waals surface area contributed by atoms with E-state index in [4.69, 9.17) is 4.74 Å². The van der Waals surface area contributed by atoms with Gasteiger partial charge in [-0.3, -0.25) is 19.4 Å². The molecule has 0 bridgehead atoms. The Bertz CT molecular complexity index is 569. The van der Waals surface area contributed by atoms with Gasteiger partial charge in [0.2, 0.25) is 0 Å².